The molecule has 2 N–H and O–H groups in total. The van der Waals surface area contributed by atoms with Crippen LogP contribution in [0.4, 0.5) is 19.0 Å². The van der Waals surface area contributed by atoms with Crippen LogP contribution in [0.5, 0.6) is 0 Å². The molecule has 1 amide bonds. The van der Waals surface area contributed by atoms with Crippen LogP contribution in [-0.4, -0.2) is 39.7 Å². The lowest BCUT2D eigenvalue weighted by molar-refractivity contribution is -0.137. The molecule has 0 saturated heterocycles. The van der Waals surface area contributed by atoms with E-state index in [1.807, 2.05) is 0 Å². The lowest BCUT2D eigenvalue weighted by atomic mass is 10.3. The highest BCUT2D eigenvalue weighted by Crippen LogP contribution is 2.29. The molecule has 0 aliphatic rings. The Morgan fingerprint density at radius 3 is 2.58 bits per heavy atom. The van der Waals surface area contributed by atoms with Gasteiger partial charge in [-0.2, -0.15) is 13.2 Å². The number of thioether (sulfide) groups is 1. The molecular weight excluding hydrogens is 343 g/mol. The smallest absolute Gasteiger partial charge is 0.367 e. The zero-order chi connectivity index (χ0) is 17.4. The van der Waals surface area contributed by atoms with Crippen LogP contribution in [0.2, 0.25) is 0 Å². The molecule has 0 atom stereocenters. The molecule has 0 fully saturated rings. The van der Waals surface area contributed by atoms with Gasteiger partial charge in [0, 0.05) is 31.7 Å². The van der Waals surface area contributed by atoms with Gasteiger partial charge in [-0.15, -0.1) is 0 Å². The number of carbonyl (C=O) groups is 1. The van der Waals surface area contributed by atoms with E-state index in [-0.39, 0.29) is 11.7 Å². The van der Waals surface area contributed by atoms with Crippen LogP contribution >= 0.6 is 11.8 Å². The van der Waals surface area contributed by atoms with E-state index in [0.717, 1.165) is 24.0 Å². The summed E-state index contributed by atoms with van der Waals surface area (Å²) in [6.45, 7) is 0.865. The number of hydrogen-bond acceptors (Lipinski definition) is 6. The Kier molecular flexibility index (Phi) is 6.36. The van der Waals surface area contributed by atoms with Gasteiger partial charge >= 0.3 is 6.18 Å². The van der Waals surface area contributed by atoms with Gasteiger partial charge in [-0.1, -0.05) is 11.8 Å². The second kappa shape index (κ2) is 8.48. The van der Waals surface area contributed by atoms with E-state index in [9.17, 15) is 18.0 Å². The van der Waals surface area contributed by atoms with E-state index in [1.54, 1.807) is 18.6 Å². The third-order valence-electron chi connectivity index (χ3n) is 2.73. The van der Waals surface area contributed by atoms with Gasteiger partial charge in [-0.05, 0) is 12.1 Å². The Hall–Kier alpha value is -2.36. The van der Waals surface area contributed by atoms with Crippen molar-refractivity contribution in [3.05, 3.63) is 42.5 Å². The van der Waals surface area contributed by atoms with E-state index < -0.39 is 11.7 Å². The molecule has 0 radical (unpaired) electrons. The van der Waals surface area contributed by atoms with E-state index in [4.69, 9.17) is 0 Å². The first-order chi connectivity index (χ1) is 11.4. The van der Waals surface area contributed by atoms with Crippen molar-refractivity contribution in [1.29, 1.82) is 0 Å². The number of halogens is 3. The molecule has 0 aliphatic heterocycles. The Morgan fingerprint density at radius 2 is 1.96 bits per heavy atom. The van der Waals surface area contributed by atoms with Crippen molar-refractivity contribution in [2.45, 2.75) is 11.2 Å². The molecule has 0 bridgehead atoms. The number of nitrogens with one attached hydrogen (secondary N) is 2. The minimum Gasteiger partial charge on any atom is -0.367 e. The maximum absolute atomic E-state index is 12.4. The van der Waals surface area contributed by atoms with Crippen molar-refractivity contribution in [2.24, 2.45) is 0 Å². The monoisotopic (exact) mass is 357 g/mol. The fraction of sp³-hybridized carbons (Fsp3) is 0.286. The highest BCUT2D eigenvalue weighted by molar-refractivity contribution is 7.99. The standard InChI is InChI=1S/C14H14F3N5OS/c15-14(16,17)10-1-2-13(22-7-10)24-9-12(23)21-6-5-20-11-8-18-3-4-19-11/h1-4,7-8H,5-6,9H2,(H,19,20)(H,21,23). The van der Waals surface area contributed by atoms with Crippen LogP contribution in [0.3, 0.4) is 0 Å². The first-order valence-corrected chi connectivity index (χ1v) is 7.86. The summed E-state index contributed by atoms with van der Waals surface area (Å²) >= 11 is 1.07. The van der Waals surface area contributed by atoms with Gasteiger partial charge in [-0.25, -0.2) is 9.97 Å². The van der Waals surface area contributed by atoms with Crippen LogP contribution < -0.4 is 10.6 Å². The molecule has 128 valence electrons. The van der Waals surface area contributed by atoms with E-state index in [0.29, 0.717) is 23.9 Å². The molecule has 0 aromatic carbocycles. The van der Waals surface area contributed by atoms with Crippen molar-refractivity contribution in [1.82, 2.24) is 20.3 Å². The predicted molar refractivity (Wildman–Crippen MR) is 83.5 cm³/mol. The number of aromatic nitrogens is 3. The largest absolute Gasteiger partial charge is 0.417 e. The third-order valence-corrected chi connectivity index (χ3v) is 3.68. The fourth-order valence-electron chi connectivity index (χ4n) is 1.61. The van der Waals surface area contributed by atoms with Gasteiger partial charge < -0.3 is 10.6 Å². The summed E-state index contributed by atoms with van der Waals surface area (Å²) < 4.78 is 37.2. The fourth-order valence-corrected chi connectivity index (χ4v) is 2.28. The van der Waals surface area contributed by atoms with E-state index in [1.165, 1.54) is 6.07 Å². The van der Waals surface area contributed by atoms with Crippen LogP contribution in [-0.2, 0) is 11.0 Å². The summed E-state index contributed by atoms with van der Waals surface area (Å²) in [5.74, 6) is 0.446. The summed E-state index contributed by atoms with van der Waals surface area (Å²) in [6.07, 6.45) is 1.01. The molecule has 2 aromatic heterocycles. The average Bonchev–Trinajstić information content (AvgIpc) is 2.57. The first kappa shape index (κ1) is 18.0. The van der Waals surface area contributed by atoms with Crippen LogP contribution in [0.15, 0.2) is 41.9 Å². The SMILES string of the molecule is O=C(CSc1ccc(C(F)(F)F)cn1)NCCNc1cnccn1. The number of carbonyl (C=O) groups excluding carboxylic acids is 1. The summed E-state index contributed by atoms with van der Waals surface area (Å²) in [5, 5.41) is 6.02. The van der Waals surface area contributed by atoms with E-state index >= 15 is 0 Å². The summed E-state index contributed by atoms with van der Waals surface area (Å²) in [4.78, 5) is 23.3. The molecule has 0 spiro atoms. The Balaban J connectivity index is 1.66. The first-order valence-electron chi connectivity index (χ1n) is 6.88. The van der Waals surface area contributed by atoms with Crippen molar-refractivity contribution < 1.29 is 18.0 Å². The normalized spacial score (nSPS) is 11.1. The molecule has 24 heavy (non-hydrogen) atoms. The quantitative estimate of drug-likeness (QED) is 0.584. The molecular formula is C14H14F3N5OS. The van der Waals surface area contributed by atoms with Gasteiger partial charge in [0.1, 0.15) is 5.82 Å². The topological polar surface area (TPSA) is 79.8 Å². The molecule has 2 aromatic rings. The maximum atomic E-state index is 12.4. The van der Waals surface area contributed by atoms with Crippen LogP contribution in [0.1, 0.15) is 5.56 Å². The Labute approximate surface area is 140 Å². The van der Waals surface area contributed by atoms with Crippen molar-refractivity contribution >= 4 is 23.5 Å². The molecule has 2 rings (SSSR count). The lowest BCUT2D eigenvalue weighted by Gasteiger charge is -2.08. The van der Waals surface area contributed by atoms with Crippen LogP contribution in [0.25, 0.3) is 0 Å². The van der Waals surface area contributed by atoms with Gasteiger partial charge in [0.15, 0.2) is 0 Å². The van der Waals surface area contributed by atoms with E-state index in [2.05, 4.69) is 25.6 Å². The molecule has 0 aliphatic carbocycles. The number of pyridine rings is 1. The Bertz CT molecular complexity index is 652. The minimum absolute atomic E-state index is 0.0729. The lowest BCUT2D eigenvalue weighted by Crippen LogP contribution is -2.30. The molecule has 0 saturated carbocycles. The van der Waals surface area contributed by atoms with Gasteiger partial charge in [0.25, 0.3) is 0 Å². The number of alkyl halides is 3. The highest BCUT2D eigenvalue weighted by Gasteiger charge is 2.30. The number of amides is 1. The number of rotatable bonds is 7. The van der Waals surface area contributed by atoms with Gasteiger partial charge in [0.05, 0.1) is 22.5 Å². The van der Waals surface area contributed by atoms with Crippen molar-refractivity contribution in [3.8, 4) is 0 Å². The van der Waals surface area contributed by atoms with Crippen LogP contribution in [0, 0.1) is 0 Å². The third kappa shape index (κ3) is 6.03. The highest BCUT2D eigenvalue weighted by atomic mass is 32.2. The summed E-state index contributed by atoms with van der Waals surface area (Å²) in [6, 6.07) is 2.19. The molecule has 6 nitrogen and oxygen atoms in total. The average molecular weight is 357 g/mol. The number of nitrogens with zero attached hydrogens (tertiary/aromatic N) is 3. The maximum Gasteiger partial charge on any atom is 0.417 e. The minimum atomic E-state index is -4.41. The summed E-state index contributed by atoms with van der Waals surface area (Å²) in [5.41, 5.74) is -0.814. The predicted octanol–water partition coefficient (Wildman–Crippen LogP) is 2.21. The second-order valence-corrected chi connectivity index (χ2v) is 5.53. The summed E-state index contributed by atoms with van der Waals surface area (Å²) in [7, 11) is 0. The zero-order valence-electron chi connectivity index (χ0n) is 12.4. The number of anilines is 1. The Morgan fingerprint density at radius 1 is 1.12 bits per heavy atom. The number of hydrogen-bond donors (Lipinski definition) is 2. The zero-order valence-corrected chi connectivity index (χ0v) is 13.2. The second-order valence-electron chi connectivity index (χ2n) is 4.54. The van der Waals surface area contributed by atoms with Crippen molar-refractivity contribution in [2.75, 3.05) is 24.2 Å². The van der Waals surface area contributed by atoms with Gasteiger partial charge in [-0.3, -0.25) is 9.78 Å². The molecule has 0 unspecified atom stereocenters. The van der Waals surface area contributed by atoms with Gasteiger partial charge in [0.2, 0.25) is 5.91 Å². The van der Waals surface area contributed by atoms with Crippen molar-refractivity contribution in [3.63, 3.8) is 0 Å². The molecule has 10 heteroatoms. The molecule has 2 heterocycles.